The van der Waals surface area contributed by atoms with E-state index in [4.69, 9.17) is 0 Å². The van der Waals surface area contributed by atoms with Gasteiger partial charge in [-0.3, -0.25) is 9.48 Å². The molecule has 24 heavy (non-hydrogen) atoms. The molecule has 1 aliphatic rings. The van der Waals surface area contributed by atoms with Crippen molar-refractivity contribution in [3.05, 3.63) is 41.6 Å². The topological polar surface area (TPSA) is 68.8 Å². The van der Waals surface area contributed by atoms with Gasteiger partial charge in [-0.05, 0) is 25.8 Å². The first-order chi connectivity index (χ1) is 11.6. The first kappa shape index (κ1) is 14.9. The summed E-state index contributed by atoms with van der Waals surface area (Å²) in [6.45, 7) is 2.76. The normalized spacial score (nSPS) is 17.8. The highest BCUT2D eigenvalue weighted by Crippen LogP contribution is 2.35. The van der Waals surface area contributed by atoms with Crippen LogP contribution in [0.4, 0.5) is 0 Å². The van der Waals surface area contributed by atoms with Gasteiger partial charge in [0.05, 0.1) is 23.6 Å². The highest BCUT2D eigenvalue weighted by atomic mass is 16.2. The summed E-state index contributed by atoms with van der Waals surface area (Å²) in [5.74, 6) is 0.0202. The quantitative estimate of drug-likeness (QED) is 0.723. The van der Waals surface area contributed by atoms with Crippen molar-refractivity contribution in [3.8, 4) is 0 Å². The number of aryl methyl sites for hydroxylation is 3. The van der Waals surface area contributed by atoms with Gasteiger partial charge in [0.15, 0.2) is 5.65 Å². The van der Waals surface area contributed by atoms with Crippen LogP contribution in [0.5, 0.6) is 0 Å². The minimum Gasteiger partial charge on any atom is -0.331 e. The molecule has 7 nitrogen and oxygen atoms in total. The van der Waals surface area contributed by atoms with Crippen molar-refractivity contribution < 1.29 is 4.79 Å². The molecule has 0 spiro atoms. The zero-order valence-electron chi connectivity index (χ0n) is 14.1. The number of fused-ring (bicyclic) bond motifs is 1. The number of pyridine rings is 1. The van der Waals surface area contributed by atoms with Crippen molar-refractivity contribution in [1.29, 1.82) is 0 Å². The van der Waals surface area contributed by atoms with Gasteiger partial charge >= 0.3 is 0 Å². The zero-order chi connectivity index (χ0) is 16.8. The number of hydrogen-bond donors (Lipinski definition) is 0. The summed E-state index contributed by atoms with van der Waals surface area (Å²) < 4.78 is 3.65. The second kappa shape index (κ2) is 5.43. The Morgan fingerprint density at radius 3 is 2.88 bits per heavy atom. The minimum atomic E-state index is 0.0202. The highest BCUT2D eigenvalue weighted by Gasteiger charge is 2.33. The van der Waals surface area contributed by atoms with Gasteiger partial charge in [0, 0.05) is 38.6 Å². The maximum atomic E-state index is 13.2. The molecule has 1 atom stereocenters. The summed E-state index contributed by atoms with van der Waals surface area (Å²) in [6.07, 6.45) is 7.36. The smallest absolute Gasteiger partial charge is 0.256 e. The lowest BCUT2D eigenvalue weighted by Crippen LogP contribution is -2.31. The molecular formula is C17H20N6O. The minimum absolute atomic E-state index is 0.0202. The van der Waals surface area contributed by atoms with E-state index in [1.807, 2.05) is 41.4 Å². The molecule has 0 N–H and O–H groups in total. The van der Waals surface area contributed by atoms with Crippen molar-refractivity contribution in [2.45, 2.75) is 25.8 Å². The summed E-state index contributed by atoms with van der Waals surface area (Å²) in [4.78, 5) is 23.8. The highest BCUT2D eigenvalue weighted by molar-refractivity contribution is 6.04. The number of hydrogen-bond acceptors (Lipinski definition) is 4. The van der Waals surface area contributed by atoms with E-state index < -0.39 is 0 Å². The summed E-state index contributed by atoms with van der Waals surface area (Å²) in [7, 11) is 3.80. The molecule has 3 aromatic heterocycles. The number of imidazole rings is 1. The molecule has 1 fully saturated rings. The van der Waals surface area contributed by atoms with Crippen molar-refractivity contribution in [2.75, 3.05) is 6.54 Å². The van der Waals surface area contributed by atoms with E-state index in [9.17, 15) is 4.79 Å². The number of aromatic nitrogens is 5. The van der Waals surface area contributed by atoms with Crippen LogP contribution in [-0.2, 0) is 14.1 Å². The Labute approximate surface area is 139 Å². The Hall–Kier alpha value is -2.70. The molecule has 0 bridgehead atoms. The number of likely N-dealkylation sites (tertiary alicyclic amines) is 1. The van der Waals surface area contributed by atoms with E-state index in [1.54, 1.807) is 18.6 Å². The average molecular weight is 324 g/mol. The summed E-state index contributed by atoms with van der Waals surface area (Å²) >= 11 is 0. The van der Waals surface area contributed by atoms with Crippen LogP contribution in [0, 0.1) is 6.92 Å². The second-order valence-corrected chi connectivity index (χ2v) is 6.39. The molecule has 4 heterocycles. The van der Waals surface area contributed by atoms with Crippen molar-refractivity contribution in [3.63, 3.8) is 0 Å². The molecule has 1 aliphatic heterocycles. The maximum Gasteiger partial charge on any atom is 0.256 e. The second-order valence-electron chi connectivity index (χ2n) is 6.39. The maximum absolute atomic E-state index is 13.2. The van der Waals surface area contributed by atoms with Crippen LogP contribution in [-0.4, -0.2) is 41.7 Å². The van der Waals surface area contributed by atoms with Gasteiger partial charge in [-0.2, -0.15) is 5.10 Å². The third kappa shape index (κ3) is 2.19. The van der Waals surface area contributed by atoms with Crippen molar-refractivity contribution >= 4 is 17.1 Å². The van der Waals surface area contributed by atoms with E-state index in [0.717, 1.165) is 36.3 Å². The summed E-state index contributed by atoms with van der Waals surface area (Å²) in [5, 5.41) is 4.43. The lowest BCUT2D eigenvalue weighted by Gasteiger charge is -2.24. The predicted octanol–water partition coefficient (Wildman–Crippen LogP) is 1.99. The number of carbonyl (C=O) groups excluding carboxylic acids is 1. The van der Waals surface area contributed by atoms with Crippen molar-refractivity contribution in [2.24, 2.45) is 14.1 Å². The Balaban J connectivity index is 1.74. The molecule has 1 amide bonds. The molecule has 124 valence electrons. The average Bonchev–Trinajstić information content (AvgIpc) is 3.26. The number of carbonyl (C=O) groups is 1. The number of amides is 1. The molecule has 7 heteroatoms. The Morgan fingerprint density at radius 2 is 2.12 bits per heavy atom. The largest absolute Gasteiger partial charge is 0.331 e. The monoisotopic (exact) mass is 324 g/mol. The lowest BCUT2D eigenvalue weighted by atomic mass is 10.1. The molecule has 0 saturated carbocycles. The number of nitrogens with zero attached hydrogens (tertiary/aromatic N) is 6. The van der Waals surface area contributed by atoms with Gasteiger partial charge in [-0.15, -0.1) is 0 Å². The van der Waals surface area contributed by atoms with Gasteiger partial charge < -0.3 is 9.47 Å². The molecule has 1 saturated heterocycles. The molecule has 0 radical (unpaired) electrons. The van der Waals surface area contributed by atoms with E-state index in [0.29, 0.717) is 11.1 Å². The van der Waals surface area contributed by atoms with Gasteiger partial charge in [-0.1, -0.05) is 0 Å². The summed E-state index contributed by atoms with van der Waals surface area (Å²) in [5.41, 5.74) is 4.14. The van der Waals surface area contributed by atoms with Gasteiger partial charge in [-0.25, -0.2) is 9.97 Å². The van der Waals surface area contributed by atoms with Crippen LogP contribution in [0.3, 0.4) is 0 Å². The number of rotatable bonds is 2. The first-order valence-electron chi connectivity index (χ1n) is 8.13. The Morgan fingerprint density at radius 1 is 1.29 bits per heavy atom. The third-order valence-corrected chi connectivity index (χ3v) is 4.75. The molecule has 4 rings (SSSR count). The Kier molecular flexibility index (Phi) is 3.37. The molecule has 1 unspecified atom stereocenters. The van der Waals surface area contributed by atoms with E-state index in [1.165, 1.54) is 0 Å². The van der Waals surface area contributed by atoms with E-state index in [-0.39, 0.29) is 11.9 Å². The zero-order valence-corrected chi connectivity index (χ0v) is 14.1. The molecule has 0 aromatic carbocycles. The van der Waals surface area contributed by atoms with Gasteiger partial charge in [0.2, 0.25) is 0 Å². The van der Waals surface area contributed by atoms with Crippen LogP contribution >= 0.6 is 0 Å². The van der Waals surface area contributed by atoms with Gasteiger partial charge in [0.1, 0.15) is 5.52 Å². The summed E-state index contributed by atoms with van der Waals surface area (Å²) in [6, 6.07) is 1.85. The van der Waals surface area contributed by atoms with Crippen LogP contribution in [0.15, 0.2) is 24.8 Å². The molecular weight excluding hydrogens is 304 g/mol. The van der Waals surface area contributed by atoms with Crippen LogP contribution < -0.4 is 0 Å². The standard InChI is InChI=1S/C17H20N6O/c1-11-13(9-22(3)20-11)14-5-4-8-23(14)17(24)12-6-7-18-16-15(12)19-10-21(16)2/h6-7,9-10,14H,4-5,8H2,1-3H3. The third-order valence-electron chi connectivity index (χ3n) is 4.75. The fourth-order valence-electron chi connectivity index (χ4n) is 3.63. The lowest BCUT2D eigenvalue weighted by molar-refractivity contribution is 0.0737. The van der Waals surface area contributed by atoms with Crippen LogP contribution in [0.25, 0.3) is 11.2 Å². The van der Waals surface area contributed by atoms with Crippen molar-refractivity contribution in [1.82, 2.24) is 29.2 Å². The van der Waals surface area contributed by atoms with Gasteiger partial charge in [0.25, 0.3) is 5.91 Å². The Bertz CT molecular complexity index is 924. The fraction of sp³-hybridized carbons (Fsp3) is 0.412. The molecule has 0 aliphatic carbocycles. The van der Waals surface area contributed by atoms with E-state index >= 15 is 0 Å². The SMILES string of the molecule is Cc1nn(C)cc1C1CCCN1C(=O)c1ccnc2c1ncn2C. The van der Waals surface area contributed by atoms with Crippen LogP contribution in [0.2, 0.25) is 0 Å². The molecule has 3 aromatic rings. The predicted molar refractivity (Wildman–Crippen MR) is 89.5 cm³/mol. The fourth-order valence-corrected chi connectivity index (χ4v) is 3.63. The first-order valence-corrected chi connectivity index (χ1v) is 8.13. The van der Waals surface area contributed by atoms with E-state index in [2.05, 4.69) is 15.1 Å². The van der Waals surface area contributed by atoms with Crippen LogP contribution in [0.1, 0.15) is 40.5 Å².